The van der Waals surface area contributed by atoms with E-state index in [-0.39, 0.29) is 11.9 Å². The van der Waals surface area contributed by atoms with Crippen molar-refractivity contribution in [2.24, 2.45) is 0 Å². The van der Waals surface area contributed by atoms with Crippen molar-refractivity contribution in [1.82, 2.24) is 9.97 Å². The largest absolute Gasteiger partial charge is 0.381 e. The summed E-state index contributed by atoms with van der Waals surface area (Å²) in [6.07, 6.45) is 3.02. The summed E-state index contributed by atoms with van der Waals surface area (Å²) in [7, 11) is 1.87. The molecule has 6 heteroatoms. The van der Waals surface area contributed by atoms with Gasteiger partial charge in [0, 0.05) is 32.8 Å². The van der Waals surface area contributed by atoms with Gasteiger partial charge in [0.05, 0.1) is 6.20 Å². The van der Waals surface area contributed by atoms with Crippen molar-refractivity contribution in [1.29, 1.82) is 0 Å². The van der Waals surface area contributed by atoms with Crippen LogP contribution in [0, 0.1) is 5.82 Å². The first-order chi connectivity index (χ1) is 8.72. The van der Waals surface area contributed by atoms with Gasteiger partial charge in [-0.25, -0.2) is 9.37 Å². The SMILES string of the molecule is CCNc1ncc(F)c(N(C)C2CCOCC2)n1. The molecule has 1 aromatic rings. The lowest BCUT2D eigenvalue weighted by atomic mass is 10.1. The highest BCUT2D eigenvalue weighted by atomic mass is 19.1. The van der Waals surface area contributed by atoms with Gasteiger partial charge < -0.3 is 15.0 Å². The molecule has 0 amide bonds. The third-order valence-electron chi connectivity index (χ3n) is 3.13. The average Bonchev–Trinajstić information content (AvgIpc) is 2.41. The highest BCUT2D eigenvalue weighted by Gasteiger charge is 2.22. The minimum Gasteiger partial charge on any atom is -0.381 e. The smallest absolute Gasteiger partial charge is 0.224 e. The topological polar surface area (TPSA) is 50.3 Å². The second-order valence-corrected chi connectivity index (χ2v) is 4.35. The van der Waals surface area contributed by atoms with Gasteiger partial charge in [0.15, 0.2) is 11.6 Å². The molecule has 1 aliphatic heterocycles. The number of nitrogens with one attached hydrogen (secondary N) is 1. The fourth-order valence-electron chi connectivity index (χ4n) is 2.09. The van der Waals surface area contributed by atoms with Crippen LogP contribution in [0.2, 0.25) is 0 Å². The normalized spacial score (nSPS) is 16.6. The Labute approximate surface area is 106 Å². The van der Waals surface area contributed by atoms with Gasteiger partial charge in [0.25, 0.3) is 0 Å². The Balaban J connectivity index is 2.16. The zero-order valence-corrected chi connectivity index (χ0v) is 10.8. The minimum atomic E-state index is -0.384. The van der Waals surface area contributed by atoms with E-state index in [1.807, 2.05) is 18.9 Å². The van der Waals surface area contributed by atoms with E-state index in [2.05, 4.69) is 15.3 Å². The number of halogens is 1. The molecule has 0 unspecified atom stereocenters. The minimum absolute atomic E-state index is 0.276. The number of anilines is 2. The summed E-state index contributed by atoms with van der Waals surface area (Å²) in [4.78, 5) is 10.0. The van der Waals surface area contributed by atoms with Crippen molar-refractivity contribution in [3.05, 3.63) is 12.0 Å². The Kier molecular flexibility index (Phi) is 4.30. The number of aromatic nitrogens is 2. The molecule has 0 bridgehead atoms. The molecule has 0 saturated carbocycles. The maximum Gasteiger partial charge on any atom is 0.224 e. The summed E-state index contributed by atoms with van der Waals surface area (Å²) < 4.78 is 19.1. The lowest BCUT2D eigenvalue weighted by Crippen LogP contribution is -2.37. The molecule has 0 atom stereocenters. The number of ether oxygens (including phenoxy) is 1. The summed E-state index contributed by atoms with van der Waals surface area (Å²) in [6.45, 7) is 4.12. The predicted molar refractivity (Wildman–Crippen MR) is 68.4 cm³/mol. The Morgan fingerprint density at radius 1 is 1.50 bits per heavy atom. The molecule has 0 spiro atoms. The van der Waals surface area contributed by atoms with Crippen molar-refractivity contribution in [3.8, 4) is 0 Å². The van der Waals surface area contributed by atoms with Gasteiger partial charge in [-0.3, -0.25) is 0 Å². The van der Waals surface area contributed by atoms with E-state index in [0.29, 0.717) is 18.3 Å². The number of nitrogens with zero attached hydrogens (tertiary/aromatic N) is 3. The molecule has 1 aliphatic rings. The molecule has 1 fully saturated rings. The van der Waals surface area contributed by atoms with E-state index in [0.717, 1.165) is 26.1 Å². The first-order valence-corrected chi connectivity index (χ1v) is 6.29. The summed E-state index contributed by atoms with van der Waals surface area (Å²) in [5, 5.41) is 2.99. The van der Waals surface area contributed by atoms with E-state index < -0.39 is 0 Å². The van der Waals surface area contributed by atoms with E-state index in [1.54, 1.807) is 0 Å². The van der Waals surface area contributed by atoms with Crippen molar-refractivity contribution in [3.63, 3.8) is 0 Å². The number of hydrogen-bond acceptors (Lipinski definition) is 5. The van der Waals surface area contributed by atoms with E-state index in [4.69, 9.17) is 4.74 Å². The molecule has 2 heterocycles. The molecule has 2 rings (SSSR count). The zero-order chi connectivity index (χ0) is 13.0. The lowest BCUT2D eigenvalue weighted by molar-refractivity contribution is 0.0852. The van der Waals surface area contributed by atoms with Crippen LogP contribution in [-0.2, 0) is 4.74 Å². The van der Waals surface area contributed by atoms with Gasteiger partial charge >= 0.3 is 0 Å². The van der Waals surface area contributed by atoms with Gasteiger partial charge in [-0.2, -0.15) is 4.98 Å². The Morgan fingerprint density at radius 3 is 2.89 bits per heavy atom. The first kappa shape index (κ1) is 13.0. The molecule has 1 N–H and O–H groups in total. The van der Waals surface area contributed by atoms with Crippen LogP contribution in [0.1, 0.15) is 19.8 Å². The Morgan fingerprint density at radius 2 is 2.22 bits per heavy atom. The van der Waals surface area contributed by atoms with Gasteiger partial charge in [0.2, 0.25) is 5.95 Å². The Bertz CT molecular complexity index is 396. The maximum absolute atomic E-state index is 13.8. The zero-order valence-electron chi connectivity index (χ0n) is 10.8. The standard InChI is InChI=1S/C12H19FN4O/c1-3-14-12-15-8-10(13)11(16-12)17(2)9-4-6-18-7-5-9/h8-9H,3-7H2,1-2H3,(H,14,15,16). The summed E-state index contributed by atoms with van der Waals surface area (Å²) in [5.74, 6) is 0.436. The second kappa shape index (κ2) is 5.95. The maximum atomic E-state index is 13.8. The van der Waals surface area contributed by atoms with Gasteiger partial charge in [-0.15, -0.1) is 0 Å². The second-order valence-electron chi connectivity index (χ2n) is 4.35. The molecule has 18 heavy (non-hydrogen) atoms. The van der Waals surface area contributed by atoms with Crippen LogP contribution in [0.25, 0.3) is 0 Å². The molecule has 0 aromatic carbocycles. The van der Waals surface area contributed by atoms with E-state index in [9.17, 15) is 4.39 Å². The van der Waals surface area contributed by atoms with Gasteiger partial charge in [0.1, 0.15) is 0 Å². The van der Waals surface area contributed by atoms with Crippen LogP contribution in [-0.4, -0.2) is 42.8 Å². The van der Waals surface area contributed by atoms with Crippen molar-refractivity contribution in [2.75, 3.05) is 37.0 Å². The van der Waals surface area contributed by atoms with E-state index in [1.165, 1.54) is 6.20 Å². The molecule has 1 aromatic heterocycles. The van der Waals surface area contributed by atoms with Gasteiger partial charge in [-0.1, -0.05) is 0 Å². The molecule has 0 radical (unpaired) electrons. The summed E-state index contributed by atoms with van der Waals surface area (Å²) in [5.41, 5.74) is 0. The molecule has 5 nitrogen and oxygen atoms in total. The van der Waals surface area contributed by atoms with Crippen LogP contribution >= 0.6 is 0 Å². The summed E-state index contributed by atoms with van der Waals surface area (Å²) >= 11 is 0. The fourth-order valence-corrected chi connectivity index (χ4v) is 2.09. The third-order valence-corrected chi connectivity index (χ3v) is 3.13. The molecule has 0 aliphatic carbocycles. The Hall–Kier alpha value is -1.43. The van der Waals surface area contributed by atoms with Crippen molar-refractivity contribution in [2.45, 2.75) is 25.8 Å². The predicted octanol–water partition coefficient (Wildman–Crippen LogP) is 1.66. The van der Waals surface area contributed by atoms with Crippen molar-refractivity contribution >= 4 is 11.8 Å². The molecule has 1 saturated heterocycles. The average molecular weight is 254 g/mol. The van der Waals surface area contributed by atoms with Crippen LogP contribution in [0.15, 0.2) is 6.20 Å². The lowest BCUT2D eigenvalue weighted by Gasteiger charge is -2.32. The summed E-state index contributed by atoms with van der Waals surface area (Å²) in [6, 6.07) is 0.276. The van der Waals surface area contributed by atoms with Crippen LogP contribution < -0.4 is 10.2 Å². The fraction of sp³-hybridized carbons (Fsp3) is 0.667. The van der Waals surface area contributed by atoms with Gasteiger partial charge in [-0.05, 0) is 19.8 Å². The first-order valence-electron chi connectivity index (χ1n) is 6.29. The number of hydrogen-bond donors (Lipinski definition) is 1. The van der Waals surface area contributed by atoms with Crippen LogP contribution in [0.3, 0.4) is 0 Å². The van der Waals surface area contributed by atoms with Crippen LogP contribution in [0.4, 0.5) is 16.2 Å². The van der Waals surface area contributed by atoms with Crippen molar-refractivity contribution < 1.29 is 9.13 Å². The van der Waals surface area contributed by atoms with E-state index >= 15 is 0 Å². The molecular formula is C12H19FN4O. The third kappa shape index (κ3) is 2.87. The molecule has 100 valence electrons. The monoisotopic (exact) mass is 254 g/mol. The number of rotatable bonds is 4. The highest BCUT2D eigenvalue weighted by Crippen LogP contribution is 2.22. The van der Waals surface area contributed by atoms with Crippen LogP contribution in [0.5, 0.6) is 0 Å². The highest BCUT2D eigenvalue weighted by molar-refractivity contribution is 5.44. The quantitative estimate of drug-likeness (QED) is 0.885. The molecular weight excluding hydrogens is 235 g/mol.